The van der Waals surface area contributed by atoms with Crippen molar-refractivity contribution in [3.63, 3.8) is 0 Å². The lowest BCUT2D eigenvalue weighted by atomic mass is 9.97. The van der Waals surface area contributed by atoms with Gasteiger partial charge >= 0.3 is 5.97 Å². The first kappa shape index (κ1) is 13.4. The quantitative estimate of drug-likeness (QED) is 0.489. The lowest BCUT2D eigenvalue weighted by Crippen LogP contribution is -2.55. The Morgan fingerprint density at radius 2 is 1.86 bits per heavy atom. The first-order valence-electron chi connectivity index (χ1n) is 4.48. The van der Waals surface area contributed by atoms with E-state index in [4.69, 9.17) is 5.11 Å². The largest absolute Gasteiger partial charge is 0.479 e. The highest BCUT2D eigenvalue weighted by Crippen LogP contribution is 2.10. The molecule has 2 atom stereocenters. The Kier molecular flexibility index (Phi) is 4.05. The van der Waals surface area contributed by atoms with Gasteiger partial charge in [0.2, 0.25) is 0 Å². The van der Waals surface area contributed by atoms with E-state index in [1.165, 1.54) is 6.92 Å². The number of carboxylic acid groups (broad SMARTS) is 1. The predicted octanol–water partition coefficient (Wildman–Crippen LogP) is -0.429. The smallest absolute Gasteiger partial charge is 0.336 e. The van der Waals surface area contributed by atoms with Gasteiger partial charge in [0.15, 0.2) is 5.60 Å². The van der Waals surface area contributed by atoms with Gasteiger partial charge in [0, 0.05) is 12.1 Å². The van der Waals surface area contributed by atoms with Gasteiger partial charge in [0.05, 0.1) is 6.10 Å². The van der Waals surface area contributed by atoms with Crippen molar-refractivity contribution in [1.29, 1.82) is 0 Å². The van der Waals surface area contributed by atoms with Crippen molar-refractivity contribution < 1.29 is 20.1 Å². The minimum absolute atomic E-state index is 0.111. The summed E-state index contributed by atoms with van der Waals surface area (Å²) in [7, 11) is 0. The summed E-state index contributed by atoms with van der Waals surface area (Å²) in [5.41, 5.74) is -2.44. The van der Waals surface area contributed by atoms with Crippen LogP contribution in [0.25, 0.3) is 0 Å². The Bertz CT molecular complexity index is 211. The summed E-state index contributed by atoms with van der Waals surface area (Å²) in [4.78, 5) is 10.6. The third-order valence-corrected chi connectivity index (χ3v) is 2.39. The molecule has 0 rings (SSSR count). The molecular weight excluding hydrogens is 186 g/mol. The summed E-state index contributed by atoms with van der Waals surface area (Å²) in [5, 5.41) is 30.1. The zero-order valence-electron chi connectivity index (χ0n) is 9.03. The normalized spacial score (nSPS) is 18.7. The van der Waals surface area contributed by atoms with Gasteiger partial charge in [-0.3, -0.25) is 0 Å². The number of aliphatic hydroxyl groups excluding tert-OH is 1. The van der Waals surface area contributed by atoms with Crippen LogP contribution >= 0.6 is 0 Å². The zero-order chi connectivity index (χ0) is 11.6. The maximum atomic E-state index is 10.6. The Balaban J connectivity index is 4.25. The molecule has 0 spiro atoms. The summed E-state index contributed by atoms with van der Waals surface area (Å²) < 4.78 is 0. The molecule has 4 N–H and O–H groups in total. The van der Waals surface area contributed by atoms with Gasteiger partial charge in [0.1, 0.15) is 0 Å². The Morgan fingerprint density at radius 3 is 2.14 bits per heavy atom. The Morgan fingerprint density at radius 1 is 1.43 bits per heavy atom. The Hall–Kier alpha value is -0.650. The van der Waals surface area contributed by atoms with Crippen LogP contribution in [0, 0.1) is 0 Å². The van der Waals surface area contributed by atoms with E-state index in [1.54, 1.807) is 20.8 Å². The van der Waals surface area contributed by atoms with Crippen molar-refractivity contribution in [2.75, 3.05) is 6.54 Å². The third-order valence-electron chi connectivity index (χ3n) is 2.39. The second kappa shape index (κ2) is 4.25. The molecule has 0 aliphatic rings. The molecule has 0 saturated heterocycles. The molecule has 84 valence electrons. The van der Waals surface area contributed by atoms with Crippen LogP contribution < -0.4 is 5.32 Å². The van der Waals surface area contributed by atoms with Gasteiger partial charge in [-0.2, -0.15) is 0 Å². The fourth-order valence-electron chi connectivity index (χ4n) is 0.623. The van der Waals surface area contributed by atoms with Crippen LogP contribution in [0.4, 0.5) is 0 Å². The average molecular weight is 205 g/mol. The van der Waals surface area contributed by atoms with Crippen molar-refractivity contribution in [3.8, 4) is 0 Å². The van der Waals surface area contributed by atoms with Crippen LogP contribution in [0.15, 0.2) is 0 Å². The number of hydrogen-bond donors (Lipinski definition) is 4. The second-order valence-electron chi connectivity index (χ2n) is 4.33. The van der Waals surface area contributed by atoms with E-state index < -0.39 is 23.2 Å². The van der Waals surface area contributed by atoms with Crippen molar-refractivity contribution >= 4 is 5.97 Å². The van der Waals surface area contributed by atoms with Crippen LogP contribution in [0.2, 0.25) is 0 Å². The minimum Gasteiger partial charge on any atom is -0.479 e. The van der Waals surface area contributed by atoms with Crippen LogP contribution in [-0.2, 0) is 4.79 Å². The molecule has 14 heavy (non-hydrogen) atoms. The summed E-state index contributed by atoms with van der Waals surface area (Å²) in [5.74, 6) is -1.29. The number of β-amino-alcohol motifs (C(OH)–C–C–N with tert-alkyl or cyclic N) is 1. The predicted molar refractivity (Wildman–Crippen MR) is 52.0 cm³/mol. The molecule has 2 unspecified atom stereocenters. The van der Waals surface area contributed by atoms with Crippen LogP contribution in [0.3, 0.4) is 0 Å². The molecule has 0 radical (unpaired) electrons. The molecule has 0 saturated carbocycles. The fraction of sp³-hybridized carbons (Fsp3) is 0.889. The van der Waals surface area contributed by atoms with E-state index in [9.17, 15) is 15.0 Å². The lowest BCUT2D eigenvalue weighted by Gasteiger charge is -2.32. The summed E-state index contributed by atoms with van der Waals surface area (Å²) in [6, 6.07) is 0. The van der Waals surface area contributed by atoms with Gasteiger partial charge in [-0.25, -0.2) is 4.79 Å². The molecule has 0 aliphatic carbocycles. The molecule has 0 aromatic rings. The molecule has 0 aromatic carbocycles. The minimum atomic E-state index is -1.81. The van der Waals surface area contributed by atoms with Gasteiger partial charge < -0.3 is 20.6 Å². The molecule has 0 heterocycles. The van der Waals surface area contributed by atoms with E-state index in [0.717, 1.165) is 0 Å². The number of hydrogen-bond acceptors (Lipinski definition) is 4. The van der Waals surface area contributed by atoms with Crippen molar-refractivity contribution in [3.05, 3.63) is 0 Å². The second-order valence-corrected chi connectivity index (χ2v) is 4.33. The lowest BCUT2D eigenvalue weighted by molar-refractivity contribution is -0.156. The molecule has 0 aliphatic heterocycles. The van der Waals surface area contributed by atoms with Gasteiger partial charge in [-0.15, -0.1) is 0 Å². The highest BCUT2D eigenvalue weighted by atomic mass is 16.4. The van der Waals surface area contributed by atoms with Crippen molar-refractivity contribution in [1.82, 2.24) is 5.32 Å². The van der Waals surface area contributed by atoms with E-state index in [2.05, 4.69) is 5.32 Å². The van der Waals surface area contributed by atoms with E-state index in [1.807, 2.05) is 0 Å². The van der Waals surface area contributed by atoms with Crippen LogP contribution in [-0.4, -0.2) is 45.1 Å². The molecule has 0 fully saturated rings. The van der Waals surface area contributed by atoms with Crippen molar-refractivity contribution in [2.45, 2.75) is 44.9 Å². The van der Waals surface area contributed by atoms with E-state index in [0.29, 0.717) is 0 Å². The van der Waals surface area contributed by atoms with Gasteiger partial charge in [0.25, 0.3) is 0 Å². The first-order valence-corrected chi connectivity index (χ1v) is 4.48. The topological polar surface area (TPSA) is 89.8 Å². The number of rotatable bonds is 5. The number of aliphatic carboxylic acids is 1. The summed E-state index contributed by atoms with van der Waals surface area (Å²) in [6.07, 6.45) is -0.632. The molecule has 0 bridgehead atoms. The van der Waals surface area contributed by atoms with Gasteiger partial charge in [-0.1, -0.05) is 0 Å². The van der Waals surface area contributed by atoms with Crippen molar-refractivity contribution in [2.24, 2.45) is 0 Å². The first-order chi connectivity index (χ1) is 6.09. The molecule has 5 heteroatoms. The zero-order valence-corrected chi connectivity index (χ0v) is 9.03. The molecule has 0 amide bonds. The van der Waals surface area contributed by atoms with Gasteiger partial charge in [-0.05, 0) is 27.7 Å². The number of carbonyl (C=O) groups is 1. The number of aliphatic hydroxyl groups is 2. The highest BCUT2D eigenvalue weighted by Gasteiger charge is 2.33. The summed E-state index contributed by atoms with van der Waals surface area (Å²) in [6.45, 7) is 6.16. The molecule has 5 nitrogen and oxygen atoms in total. The number of carboxylic acids is 1. The van der Waals surface area contributed by atoms with E-state index in [-0.39, 0.29) is 6.54 Å². The fourth-order valence-corrected chi connectivity index (χ4v) is 0.623. The maximum absolute atomic E-state index is 10.6. The monoisotopic (exact) mass is 205 g/mol. The number of nitrogens with one attached hydrogen (secondary N) is 1. The molecular formula is C9H19NO4. The van der Waals surface area contributed by atoms with Crippen LogP contribution in [0.1, 0.15) is 27.7 Å². The third kappa shape index (κ3) is 3.61. The highest BCUT2D eigenvalue weighted by molar-refractivity contribution is 5.76. The summed E-state index contributed by atoms with van der Waals surface area (Å²) >= 11 is 0. The maximum Gasteiger partial charge on any atom is 0.336 e. The van der Waals surface area contributed by atoms with Crippen LogP contribution in [0.5, 0.6) is 0 Å². The standard InChI is InChI=1S/C9H19NO4/c1-6(11)8(2,3)10-5-9(4,14)7(12)13/h6,10-11,14H,5H2,1-4H3,(H,12,13). The molecule has 0 aromatic heterocycles. The SMILES string of the molecule is CC(O)C(C)(C)NCC(C)(O)C(=O)O. The average Bonchev–Trinajstić information content (AvgIpc) is 2.01. The Labute approximate surface area is 83.8 Å². The van der Waals surface area contributed by atoms with E-state index >= 15 is 0 Å².